The molecule has 0 fully saturated rings. The second-order valence-corrected chi connectivity index (χ2v) is 7.87. The minimum Gasteiger partial charge on any atom is -0.346 e. The zero-order valence-corrected chi connectivity index (χ0v) is 14.9. The Morgan fingerprint density at radius 3 is 3.09 bits per heavy atom. The summed E-state index contributed by atoms with van der Waals surface area (Å²) in [6, 6.07) is 3.94. The Kier molecular flexibility index (Phi) is 5.67. The monoisotopic (exact) mass is 347 g/mol. The number of nitrogens with zero attached hydrogens (tertiary/aromatic N) is 2. The Hall–Kier alpha value is -1.40. The molecule has 0 aliphatic heterocycles. The highest BCUT2D eigenvalue weighted by molar-refractivity contribution is 7.99. The lowest BCUT2D eigenvalue weighted by Crippen LogP contribution is -2.28. The molecule has 0 spiro atoms. The van der Waals surface area contributed by atoms with Gasteiger partial charge in [0.1, 0.15) is 5.01 Å². The summed E-state index contributed by atoms with van der Waals surface area (Å²) in [5.41, 5.74) is 2.40. The van der Waals surface area contributed by atoms with E-state index in [-0.39, 0.29) is 11.9 Å². The molecule has 6 heteroatoms. The average Bonchev–Trinajstić information content (AvgIpc) is 3.00. The number of carbonyl (C=O) groups excluding carboxylic acids is 1. The van der Waals surface area contributed by atoms with Crippen molar-refractivity contribution >= 4 is 29.0 Å². The van der Waals surface area contributed by atoms with Crippen LogP contribution in [0.2, 0.25) is 0 Å². The normalized spacial score (nSPS) is 15.0. The molecule has 0 saturated carbocycles. The van der Waals surface area contributed by atoms with Crippen LogP contribution in [0.3, 0.4) is 0 Å². The molecule has 0 unspecified atom stereocenters. The number of hydrogen-bond acceptors (Lipinski definition) is 5. The molecule has 3 rings (SSSR count). The van der Waals surface area contributed by atoms with Crippen LogP contribution in [0.4, 0.5) is 0 Å². The zero-order valence-electron chi connectivity index (χ0n) is 13.2. The van der Waals surface area contributed by atoms with Crippen molar-refractivity contribution in [3.63, 3.8) is 0 Å². The minimum atomic E-state index is -0.00269. The van der Waals surface area contributed by atoms with Crippen molar-refractivity contribution in [3.05, 3.63) is 45.7 Å². The van der Waals surface area contributed by atoms with Gasteiger partial charge in [0.15, 0.2) is 0 Å². The molecule has 2 heterocycles. The lowest BCUT2D eigenvalue weighted by atomic mass is 10.0. The Balaban J connectivity index is 1.46. The van der Waals surface area contributed by atoms with Crippen molar-refractivity contribution in [2.24, 2.45) is 0 Å². The summed E-state index contributed by atoms with van der Waals surface area (Å²) >= 11 is 3.38. The average molecular weight is 348 g/mol. The van der Waals surface area contributed by atoms with Gasteiger partial charge in [0, 0.05) is 23.0 Å². The molecule has 2 aromatic rings. The van der Waals surface area contributed by atoms with Crippen molar-refractivity contribution in [2.75, 3.05) is 5.75 Å². The van der Waals surface area contributed by atoms with Crippen LogP contribution in [0, 0.1) is 0 Å². The number of pyridine rings is 1. The van der Waals surface area contributed by atoms with Gasteiger partial charge < -0.3 is 5.32 Å². The Morgan fingerprint density at radius 2 is 2.30 bits per heavy atom. The lowest BCUT2D eigenvalue weighted by molar-refractivity contribution is -0.119. The first-order valence-electron chi connectivity index (χ1n) is 7.97. The fraction of sp³-hybridized carbons (Fsp3) is 0.471. The van der Waals surface area contributed by atoms with Gasteiger partial charge in [-0.05, 0) is 44.2 Å². The number of fused-ring (bicyclic) bond motifs is 1. The Morgan fingerprint density at radius 1 is 1.43 bits per heavy atom. The molecule has 23 heavy (non-hydrogen) atoms. The summed E-state index contributed by atoms with van der Waals surface area (Å²) in [5, 5.41) is 4.11. The third-order valence-electron chi connectivity index (χ3n) is 3.83. The SMILES string of the molecule is C[C@H](NC(=O)CSCc1cccnc1)c1nc2c(s1)CCCC2. The number of thioether (sulfide) groups is 1. The van der Waals surface area contributed by atoms with Gasteiger partial charge in [-0.2, -0.15) is 0 Å². The van der Waals surface area contributed by atoms with E-state index in [1.807, 2.05) is 25.3 Å². The van der Waals surface area contributed by atoms with Crippen LogP contribution in [0.5, 0.6) is 0 Å². The molecule has 0 aromatic carbocycles. The van der Waals surface area contributed by atoms with Crippen LogP contribution in [-0.4, -0.2) is 21.6 Å². The number of rotatable bonds is 6. The molecule has 0 saturated heterocycles. The van der Waals surface area contributed by atoms with Crippen molar-refractivity contribution in [1.82, 2.24) is 15.3 Å². The number of nitrogens with one attached hydrogen (secondary N) is 1. The van der Waals surface area contributed by atoms with Crippen molar-refractivity contribution in [2.45, 2.75) is 44.4 Å². The largest absolute Gasteiger partial charge is 0.346 e. The number of hydrogen-bond donors (Lipinski definition) is 1. The van der Waals surface area contributed by atoms with Crippen molar-refractivity contribution in [1.29, 1.82) is 0 Å². The molecule has 1 amide bonds. The van der Waals surface area contributed by atoms with Crippen LogP contribution in [0.1, 0.15) is 46.9 Å². The topological polar surface area (TPSA) is 54.9 Å². The van der Waals surface area contributed by atoms with E-state index in [1.165, 1.54) is 23.4 Å². The molecular formula is C17H21N3OS2. The maximum absolute atomic E-state index is 12.1. The lowest BCUT2D eigenvalue weighted by Gasteiger charge is -2.11. The van der Waals surface area contributed by atoms with Gasteiger partial charge in [0.05, 0.1) is 17.5 Å². The van der Waals surface area contributed by atoms with Crippen molar-refractivity contribution in [3.8, 4) is 0 Å². The molecule has 0 bridgehead atoms. The first-order valence-corrected chi connectivity index (χ1v) is 9.94. The van der Waals surface area contributed by atoms with E-state index in [0.29, 0.717) is 5.75 Å². The Bertz CT molecular complexity index is 634. The van der Waals surface area contributed by atoms with Crippen LogP contribution in [-0.2, 0) is 23.4 Å². The van der Waals surface area contributed by atoms with Crippen molar-refractivity contribution < 1.29 is 4.79 Å². The standard InChI is InChI=1S/C17H21N3OS2/c1-12(17-20-14-6-2-3-7-15(14)23-17)19-16(21)11-22-10-13-5-4-8-18-9-13/h4-5,8-9,12H,2-3,6-7,10-11H2,1H3,(H,19,21)/t12-/m0/s1. The summed E-state index contributed by atoms with van der Waals surface area (Å²) in [6.07, 6.45) is 8.34. The summed E-state index contributed by atoms with van der Waals surface area (Å²) in [4.78, 5) is 22.3. The van der Waals surface area contributed by atoms with Gasteiger partial charge in [-0.15, -0.1) is 23.1 Å². The van der Waals surface area contributed by atoms with Gasteiger partial charge in [0.25, 0.3) is 0 Å². The fourth-order valence-electron chi connectivity index (χ4n) is 2.65. The number of aromatic nitrogens is 2. The van der Waals surface area contributed by atoms with Crippen LogP contribution < -0.4 is 5.32 Å². The summed E-state index contributed by atoms with van der Waals surface area (Å²) in [7, 11) is 0. The van der Waals surface area contributed by atoms with Crippen LogP contribution in [0.25, 0.3) is 0 Å². The molecule has 122 valence electrons. The molecular weight excluding hydrogens is 326 g/mol. The van der Waals surface area contributed by atoms with E-state index in [4.69, 9.17) is 4.98 Å². The highest BCUT2D eigenvalue weighted by Gasteiger charge is 2.19. The Labute approximate surface area is 145 Å². The molecule has 4 nitrogen and oxygen atoms in total. The highest BCUT2D eigenvalue weighted by Crippen LogP contribution is 2.29. The molecule has 1 N–H and O–H groups in total. The molecule has 1 aliphatic carbocycles. The predicted octanol–water partition coefficient (Wildman–Crippen LogP) is 3.53. The van der Waals surface area contributed by atoms with Gasteiger partial charge in [0.2, 0.25) is 5.91 Å². The third-order valence-corrected chi connectivity index (χ3v) is 6.18. The smallest absolute Gasteiger partial charge is 0.230 e. The number of thiazole rings is 1. The van der Waals surface area contributed by atoms with Gasteiger partial charge in [-0.25, -0.2) is 4.98 Å². The summed E-state index contributed by atoms with van der Waals surface area (Å²) < 4.78 is 0. The quantitative estimate of drug-likeness (QED) is 0.868. The van der Waals surface area contributed by atoms with Crippen LogP contribution in [0.15, 0.2) is 24.5 Å². The van der Waals surface area contributed by atoms with E-state index >= 15 is 0 Å². The maximum Gasteiger partial charge on any atom is 0.230 e. The maximum atomic E-state index is 12.1. The number of aryl methyl sites for hydroxylation is 2. The highest BCUT2D eigenvalue weighted by atomic mass is 32.2. The van der Waals surface area contributed by atoms with E-state index in [1.54, 1.807) is 29.3 Å². The summed E-state index contributed by atoms with van der Waals surface area (Å²) in [6.45, 7) is 2.02. The first-order chi connectivity index (χ1) is 11.2. The summed E-state index contributed by atoms with van der Waals surface area (Å²) in [5.74, 6) is 1.34. The third kappa shape index (κ3) is 4.54. The van der Waals surface area contributed by atoms with Gasteiger partial charge in [-0.1, -0.05) is 6.07 Å². The number of carbonyl (C=O) groups is 1. The van der Waals surface area contributed by atoms with E-state index in [0.717, 1.165) is 29.2 Å². The first kappa shape index (κ1) is 16.5. The number of amides is 1. The minimum absolute atomic E-state index is 0.00269. The predicted molar refractivity (Wildman–Crippen MR) is 95.7 cm³/mol. The zero-order chi connectivity index (χ0) is 16.1. The second kappa shape index (κ2) is 7.93. The molecule has 2 aromatic heterocycles. The molecule has 0 radical (unpaired) electrons. The molecule has 1 atom stereocenters. The second-order valence-electron chi connectivity index (χ2n) is 5.77. The van der Waals surface area contributed by atoms with E-state index in [2.05, 4.69) is 10.3 Å². The fourth-order valence-corrected chi connectivity index (χ4v) is 4.58. The van der Waals surface area contributed by atoms with Gasteiger partial charge >= 0.3 is 0 Å². The van der Waals surface area contributed by atoms with Gasteiger partial charge in [-0.3, -0.25) is 9.78 Å². The van der Waals surface area contributed by atoms with E-state index in [9.17, 15) is 4.79 Å². The van der Waals surface area contributed by atoms with E-state index < -0.39 is 0 Å². The molecule has 1 aliphatic rings. The van der Waals surface area contributed by atoms with Crippen LogP contribution >= 0.6 is 23.1 Å².